The third-order valence-corrected chi connectivity index (χ3v) is 14.3. The second-order valence-corrected chi connectivity index (χ2v) is 22.3. The first-order chi connectivity index (χ1) is 37.2. The van der Waals surface area contributed by atoms with Crippen LogP contribution in [0.2, 0.25) is 0 Å². The van der Waals surface area contributed by atoms with Crippen LogP contribution in [0.1, 0.15) is 290 Å². The highest BCUT2D eigenvalue weighted by molar-refractivity contribution is 7.47. The zero-order valence-electron chi connectivity index (χ0n) is 49.0. The number of hydrogen-bond acceptors (Lipinski definition) is 10. The topological polar surface area (TPSA) is 155 Å². The second kappa shape index (κ2) is 58.3. The Labute approximate surface area is 465 Å². The summed E-state index contributed by atoms with van der Waals surface area (Å²) in [5.41, 5.74) is 0. The van der Waals surface area contributed by atoms with Gasteiger partial charge in [0.15, 0.2) is 6.10 Å². The zero-order valence-corrected chi connectivity index (χ0v) is 49.9. The van der Waals surface area contributed by atoms with Crippen LogP contribution in [-0.2, 0) is 42.2 Å². The molecule has 0 radical (unpaired) electrons. The fourth-order valence-electron chi connectivity index (χ4n) is 8.66. The summed E-state index contributed by atoms with van der Waals surface area (Å²) in [7, 11) is -4.76. The third-order valence-electron chi connectivity index (χ3n) is 13.4. The molecule has 0 saturated heterocycles. The largest absolute Gasteiger partial charge is 0.472 e. The van der Waals surface area contributed by atoms with Gasteiger partial charge in [-0.05, 0) is 103 Å². The Bertz CT molecular complexity index is 1510. The number of allylic oxidation sites excluding steroid dienone is 10. The molecule has 0 saturated carbocycles. The van der Waals surface area contributed by atoms with Gasteiger partial charge in [-0.2, -0.15) is 0 Å². The first-order valence-electron chi connectivity index (χ1n) is 31.2. The molecule has 0 aromatic heterocycles. The summed E-state index contributed by atoms with van der Waals surface area (Å²) in [4.78, 5) is 48.7. The molecule has 0 fully saturated rings. The molecular weight excluding hydrogens is 976 g/mol. The summed E-state index contributed by atoms with van der Waals surface area (Å²) in [6.07, 6.45) is 64.5. The number of phosphoric acid groups is 1. The molecule has 0 bridgehead atoms. The standard InChI is InChI=1S/C64H115O11P/c1-4-7-10-13-16-19-22-25-28-30-33-35-38-41-44-47-50-53-62(66)71-57-61(75-64(68)55-52-49-46-43-40-37-34-31-29-26-23-20-17-14-11-8-5-2)59-73-76(69,70)72-58-60(56-65)74-63(67)54-51-48-45-42-39-36-32-27-24-21-18-15-12-9-6-3/h7,10,16,19,25-29,32,60-61,65H,4-6,8-9,11-15,17-18,20-24,30-31,33-59H2,1-3H3,(H,69,70)/b10-7-,19-16-,28-25-,29-26-,32-27-. The number of phosphoric ester groups is 1. The monoisotopic (exact) mass is 1090 g/mol. The van der Waals surface area contributed by atoms with Crippen molar-refractivity contribution < 1.29 is 52.2 Å². The van der Waals surface area contributed by atoms with Crippen molar-refractivity contribution in [3.8, 4) is 0 Å². The predicted octanol–water partition coefficient (Wildman–Crippen LogP) is 18.7. The average molecular weight is 1090 g/mol. The summed E-state index contributed by atoms with van der Waals surface area (Å²) in [5, 5.41) is 9.84. The van der Waals surface area contributed by atoms with Gasteiger partial charge in [0.2, 0.25) is 0 Å². The molecule has 3 unspecified atom stereocenters. The normalized spacial score (nSPS) is 13.7. The Balaban J connectivity index is 4.72. The van der Waals surface area contributed by atoms with E-state index in [-0.39, 0.29) is 25.9 Å². The maximum Gasteiger partial charge on any atom is 0.472 e. The minimum Gasteiger partial charge on any atom is -0.462 e. The number of aliphatic hydroxyl groups excluding tert-OH is 1. The van der Waals surface area contributed by atoms with E-state index in [1.807, 2.05) is 0 Å². The SMILES string of the molecule is CC/C=C\C/C=C\C/C=C\CCCCCCCCCC(=O)OCC(COP(=O)(O)OCC(CO)OC(=O)CCCCCCC/C=C\CCCCCCCC)OC(=O)CCCCCCCCC/C=C\CCCCCCCC. The van der Waals surface area contributed by atoms with Crippen LogP contribution in [0.5, 0.6) is 0 Å². The lowest BCUT2D eigenvalue weighted by Crippen LogP contribution is -2.30. The van der Waals surface area contributed by atoms with Crippen molar-refractivity contribution in [3.63, 3.8) is 0 Å². The number of esters is 3. The molecular formula is C64H115O11P. The molecule has 0 spiro atoms. The predicted molar refractivity (Wildman–Crippen MR) is 316 cm³/mol. The van der Waals surface area contributed by atoms with Crippen LogP contribution in [0.3, 0.4) is 0 Å². The van der Waals surface area contributed by atoms with Gasteiger partial charge in [0.1, 0.15) is 12.7 Å². The highest BCUT2D eigenvalue weighted by Crippen LogP contribution is 2.43. The van der Waals surface area contributed by atoms with Crippen molar-refractivity contribution in [1.82, 2.24) is 0 Å². The van der Waals surface area contributed by atoms with Crippen LogP contribution in [0.15, 0.2) is 60.8 Å². The Hall–Kier alpha value is -2.82. The van der Waals surface area contributed by atoms with Gasteiger partial charge in [0.05, 0.1) is 19.8 Å². The molecule has 442 valence electrons. The van der Waals surface area contributed by atoms with E-state index in [0.29, 0.717) is 19.3 Å². The second-order valence-electron chi connectivity index (χ2n) is 20.8. The molecule has 12 heteroatoms. The van der Waals surface area contributed by atoms with Crippen molar-refractivity contribution in [2.75, 3.05) is 26.4 Å². The Morgan fingerprint density at radius 1 is 0.382 bits per heavy atom. The number of hydrogen-bond donors (Lipinski definition) is 2. The summed E-state index contributed by atoms with van der Waals surface area (Å²) in [5.74, 6) is -1.48. The van der Waals surface area contributed by atoms with E-state index in [1.54, 1.807) is 0 Å². The van der Waals surface area contributed by atoms with E-state index >= 15 is 0 Å². The highest BCUT2D eigenvalue weighted by atomic mass is 31.2. The highest BCUT2D eigenvalue weighted by Gasteiger charge is 2.28. The van der Waals surface area contributed by atoms with Gasteiger partial charge >= 0.3 is 25.7 Å². The molecule has 0 aromatic carbocycles. The summed E-state index contributed by atoms with van der Waals surface area (Å²) in [6.45, 7) is 4.54. The van der Waals surface area contributed by atoms with Crippen LogP contribution in [0.25, 0.3) is 0 Å². The first kappa shape index (κ1) is 73.2. The minimum atomic E-state index is -4.76. The van der Waals surface area contributed by atoms with E-state index in [1.165, 1.54) is 109 Å². The smallest absolute Gasteiger partial charge is 0.462 e. The van der Waals surface area contributed by atoms with Crippen molar-refractivity contribution in [3.05, 3.63) is 60.8 Å². The molecule has 0 amide bonds. The average Bonchev–Trinajstić information content (AvgIpc) is 3.41. The summed E-state index contributed by atoms with van der Waals surface area (Å²) >= 11 is 0. The molecule has 2 N–H and O–H groups in total. The number of ether oxygens (including phenoxy) is 3. The molecule has 0 aliphatic rings. The van der Waals surface area contributed by atoms with Crippen molar-refractivity contribution >= 4 is 25.7 Å². The van der Waals surface area contributed by atoms with Crippen LogP contribution in [0.4, 0.5) is 0 Å². The molecule has 3 atom stereocenters. The first-order valence-corrected chi connectivity index (χ1v) is 32.7. The molecule has 0 rings (SSSR count). The molecule has 0 aromatic rings. The van der Waals surface area contributed by atoms with Gasteiger partial charge in [0, 0.05) is 19.3 Å². The van der Waals surface area contributed by atoms with Gasteiger partial charge < -0.3 is 24.2 Å². The molecule has 0 aliphatic carbocycles. The fraction of sp³-hybridized carbons (Fsp3) is 0.797. The number of unbranched alkanes of at least 4 members (excludes halogenated alkanes) is 31. The lowest BCUT2D eigenvalue weighted by molar-refractivity contribution is -0.161. The van der Waals surface area contributed by atoms with E-state index in [2.05, 4.69) is 81.5 Å². The van der Waals surface area contributed by atoms with Crippen LogP contribution in [-0.4, -0.2) is 66.5 Å². The van der Waals surface area contributed by atoms with Gasteiger partial charge in [-0.3, -0.25) is 23.4 Å². The Morgan fingerprint density at radius 2 is 0.684 bits per heavy atom. The Kier molecular flexibility index (Phi) is 56.2. The van der Waals surface area contributed by atoms with Crippen LogP contribution >= 0.6 is 7.82 Å². The maximum absolute atomic E-state index is 12.9. The van der Waals surface area contributed by atoms with Gasteiger partial charge in [-0.1, -0.05) is 229 Å². The van der Waals surface area contributed by atoms with Crippen molar-refractivity contribution in [2.45, 2.75) is 303 Å². The van der Waals surface area contributed by atoms with Crippen LogP contribution in [0, 0.1) is 0 Å². The molecule has 11 nitrogen and oxygen atoms in total. The number of rotatable bonds is 58. The molecule has 76 heavy (non-hydrogen) atoms. The van der Waals surface area contributed by atoms with Crippen molar-refractivity contribution in [1.29, 1.82) is 0 Å². The third kappa shape index (κ3) is 55.9. The summed E-state index contributed by atoms with van der Waals surface area (Å²) < 4.78 is 39.6. The van der Waals surface area contributed by atoms with Gasteiger partial charge in [-0.25, -0.2) is 4.57 Å². The van der Waals surface area contributed by atoms with E-state index in [0.717, 1.165) is 122 Å². The lowest BCUT2D eigenvalue weighted by Gasteiger charge is -2.21. The van der Waals surface area contributed by atoms with Crippen molar-refractivity contribution in [2.24, 2.45) is 0 Å². The van der Waals surface area contributed by atoms with E-state index in [4.69, 9.17) is 23.3 Å². The van der Waals surface area contributed by atoms with Crippen LogP contribution < -0.4 is 0 Å². The van der Waals surface area contributed by atoms with Gasteiger partial charge in [-0.15, -0.1) is 0 Å². The number of carbonyl (C=O) groups excluding carboxylic acids is 3. The van der Waals surface area contributed by atoms with E-state index in [9.17, 15) is 28.9 Å². The quantitative estimate of drug-likeness (QED) is 0.0197. The maximum atomic E-state index is 12.9. The Morgan fingerprint density at radius 3 is 1.07 bits per heavy atom. The molecule has 0 aliphatic heterocycles. The van der Waals surface area contributed by atoms with E-state index < -0.39 is 57.8 Å². The number of carbonyl (C=O) groups is 3. The lowest BCUT2D eigenvalue weighted by atomic mass is 10.1. The van der Waals surface area contributed by atoms with Gasteiger partial charge in [0.25, 0.3) is 0 Å². The minimum absolute atomic E-state index is 0.160. The summed E-state index contributed by atoms with van der Waals surface area (Å²) in [6, 6.07) is 0. The zero-order chi connectivity index (χ0) is 55.5. The number of aliphatic hydroxyl groups is 1. The molecule has 0 heterocycles. The fourth-order valence-corrected chi connectivity index (χ4v) is 9.44.